The van der Waals surface area contributed by atoms with Crippen LogP contribution in [0.5, 0.6) is 0 Å². The molecule has 0 saturated carbocycles. The number of ether oxygens (including phenoxy) is 1. The molecule has 162 valence electrons. The van der Waals surface area contributed by atoms with E-state index in [0.29, 0.717) is 18.7 Å². The van der Waals surface area contributed by atoms with Gasteiger partial charge in [-0.05, 0) is 88.2 Å². The van der Waals surface area contributed by atoms with Gasteiger partial charge in [0.05, 0.1) is 0 Å². The molecule has 1 saturated heterocycles. The Hall–Kier alpha value is -2.34. The molecule has 2 aliphatic rings. The highest BCUT2D eigenvalue weighted by Crippen LogP contribution is 2.30. The van der Waals surface area contributed by atoms with Crippen LogP contribution in [0.2, 0.25) is 0 Å². The SMILES string of the molecule is CC(C)(C)OC(=O)NCC1CCCCN1Cc1cc(=O)oc2cc3c(cc12)CCC3. The molecule has 2 heterocycles. The number of benzene rings is 1. The van der Waals surface area contributed by atoms with Gasteiger partial charge in [0.1, 0.15) is 11.2 Å². The summed E-state index contributed by atoms with van der Waals surface area (Å²) in [5.74, 6) is 0. The number of fused-ring (bicyclic) bond motifs is 2. The number of nitrogens with zero attached hydrogens (tertiary/aromatic N) is 1. The molecular weight excluding hydrogens is 380 g/mol. The van der Waals surface area contributed by atoms with E-state index in [0.717, 1.165) is 56.0 Å². The molecule has 1 fully saturated rings. The van der Waals surface area contributed by atoms with Crippen LogP contribution in [-0.2, 0) is 24.1 Å². The van der Waals surface area contributed by atoms with Crippen LogP contribution in [0.3, 0.4) is 0 Å². The first-order valence-corrected chi connectivity index (χ1v) is 11.1. The molecule has 0 radical (unpaired) electrons. The number of nitrogens with one attached hydrogen (secondary N) is 1. The van der Waals surface area contributed by atoms with Crippen molar-refractivity contribution in [1.82, 2.24) is 10.2 Å². The second kappa shape index (κ2) is 8.42. The predicted molar refractivity (Wildman–Crippen MR) is 117 cm³/mol. The number of rotatable bonds is 4. The van der Waals surface area contributed by atoms with E-state index in [9.17, 15) is 9.59 Å². The van der Waals surface area contributed by atoms with Gasteiger partial charge in [0, 0.05) is 30.6 Å². The molecule has 1 N–H and O–H groups in total. The predicted octanol–water partition coefficient (Wildman–Crippen LogP) is 4.16. The molecular formula is C24H32N2O4. The summed E-state index contributed by atoms with van der Waals surface area (Å²) >= 11 is 0. The molecule has 1 aliphatic heterocycles. The Balaban J connectivity index is 1.52. The van der Waals surface area contributed by atoms with Gasteiger partial charge in [0.15, 0.2) is 0 Å². The Morgan fingerprint density at radius 1 is 1.17 bits per heavy atom. The number of aryl methyl sites for hydroxylation is 2. The van der Waals surface area contributed by atoms with Gasteiger partial charge >= 0.3 is 11.7 Å². The number of carbonyl (C=O) groups is 1. The molecule has 1 amide bonds. The van der Waals surface area contributed by atoms with Gasteiger partial charge in [-0.15, -0.1) is 0 Å². The minimum absolute atomic E-state index is 0.225. The van der Waals surface area contributed by atoms with E-state index in [-0.39, 0.29) is 17.8 Å². The summed E-state index contributed by atoms with van der Waals surface area (Å²) in [7, 11) is 0. The molecule has 0 bridgehead atoms. The van der Waals surface area contributed by atoms with Gasteiger partial charge in [-0.3, -0.25) is 4.90 Å². The topological polar surface area (TPSA) is 71.8 Å². The quantitative estimate of drug-likeness (QED) is 0.764. The minimum atomic E-state index is -0.506. The van der Waals surface area contributed by atoms with E-state index < -0.39 is 5.60 Å². The van der Waals surface area contributed by atoms with Crippen molar-refractivity contribution in [2.45, 2.75) is 77.5 Å². The zero-order valence-corrected chi connectivity index (χ0v) is 18.3. The summed E-state index contributed by atoms with van der Waals surface area (Å²) in [6.07, 6.45) is 6.22. The smallest absolute Gasteiger partial charge is 0.407 e. The molecule has 4 rings (SSSR count). The van der Waals surface area contributed by atoms with Crippen molar-refractivity contribution in [3.8, 4) is 0 Å². The molecule has 1 aromatic carbocycles. The summed E-state index contributed by atoms with van der Waals surface area (Å²) in [6, 6.07) is 6.13. The van der Waals surface area contributed by atoms with E-state index in [4.69, 9.17) is 9.15 Å². The third-order valence-corrected chi connectivity index (χ3v) is 6.05. The van der Waals surface area contributed by atoms with Crippen LogP contribution in [0.25, 0.3) is 11.0 Å². The Morgan fingerprint density at radius 3 is 2.70 bits per heavy atom. The summed E-state index contributed by atoms with van der Waals surface area (Å²) in [5, 5.41) is 3.97. The fourth-order valence-electron chi connectivity index (χ4n) is 4.66. The molecule has 1 aromatic heterocycles. The lowest BCUT2D eigenvalue weighted by atomic mass is 9.99. The lowest BCUT2D eigenvalue weighted by Gasteiger charge is -2.36. The maximum Gasteiger partial charge on any atom is 0.407 e. The highest BCUT2D eigenvalue weighted by Gasteiger charge is 2.25. The van der Waals surface area contributed by atoms with Crippen LogP contribution < -0.4 is 10.9 Å². The van der Waals surface area contributed by atoms with E-state index in [1.807, 2.05) is 20.8 Å². The first-order valence-electron chi connectivity index (χ1n) is 11.1. The van der Waals surface area contributed by atoms with Crippen molar-refractivity contribution in [1.29, 1.82) is 0 Å². The second-order valence-corrected chi connectivity index (χ2v) is 9.56. The van der Waals surface area contributed by atoms with Crippen molar-refractivity contribution in [3.05, 3.63) is 45.3 Å². The van der Waals surface area contributed by atoms with Crippen molar-refractivity contribution in [2.24, 2.45) is 0 Å². The van der Waals surface area contributed by atoms with Gasteiger partial charge < -0.3 is 14.5 Å². The highest BCUT2D eigenvalue weighted by atomic mass is 16.6. The average Bonchev–Trinajstić information content (AvgIpc) is 3.11. The molecule has 1 atom stereocenters. The fourth-order valence-corrected chi connectivity index (χ4v) is 4.66. The summed E-state index contributed by atoms with van der Waals surface area (Å²) < 4.78 is 10.9. The van der Waals surface area contributed by atoms with Crippen molar-refractivity contribution < 1.29 is 13.9 Å². The van der Waals surface area contributed by atoms with Crippen LogP contribution in [0.1, 0.15) is 63.1 Å². The summed E-state index contributed by atoms with van der Waals surface area (Å²) in [5.41, 5.74) is 3.59. The van der Waals surface area contributed by atoms with Gasteiger partial charge in [0.2, 0.25) is 0 Å². The molecule has 2 aromatic rings. The molecule has 6 nitrogen and oxygen atoms in total. The second-order valence-electron chi connectivity index (χ2n) is 9.56. The van der Waals surface area contributed by atoms with Gasteiger partial charge in [-0.2, -0.15) is 0 Å². The highest BCUT2D eigenvalue weighted by molar-refractivity contribution is 5.82. The summed E-state index contributed by atoms with van der Waals surface area (Å²) in [4.78, 5) is 26.7. The molecule has 6 heteroatoms. The molecule has 0 spiro atoms. The van der Waals surface area contributed by atoms with Crippen molar-refractivity contribution in [2.75, 3.05) is 13.1 Å². The normalized spacial score (nSPS) is 19.6. The number of alkyl carbamates (subject to hydrolysis) is 1. The maximum atomic E-state index is 12.2. The van der Waals surface area contributed by atoms with E-state index in [2.05, 4.69) is 22.3 Å². The monoisotopic (exact) mass is 412 g/mol. The fraction of sp³-hybridized carbons (Fsp3) is 0.583. The molecule has 1 unspecified atom stereocenters. The lowest BCUT2D eigenvalue weighted by Crippen LogP contribution is -2.47. The van der Waals surface area contributed by atoms with Gasteiger partial charge in [-0.1, -0.05) is 6.42 Å². The van der Waals surface area contributed by atoms with Crippen LogP contribution in [0, 0.1) is 0 Å². The van der Waals surface area contributed by atoms with Gasteiger partial charge in [-0.25, -0.2) is 9.59 Å². The molecule has 1 aliphatic carbocycles. The maximum absolute atomic E-state index is 12.2. The Kier molecular flexibility index (Phi) is 5.87. The number of hydrogen-bond donors (Lipinski definition) is 1. The minimum Gasteiger partial charge on any atom is -0.444 e. The lowest BCUT2D eigenvalue weighted by molar-refractivity contribution is 0.0492. The first kappa shape index (κ1) is 20.9. The van der Waals surface area contributed by atoms with Gasteiger partial charge in [0.25, 0.3) is 0 Å². The summed E-state index contributed by atoms with van der Waals surface area (Å²) in [6.45, 7) is 7.77. The third kappa shape index (κ3) is 4.86. The van der Waals surface area contributed by atoms with E-state index in [1.165, 1.54) is 11.1 Å². The van der Waals surface area contributed by atoms with E-state index in [1.54, 1.807) is 6.07 Å². The zero-order chi connectivity index (χ0) is 21.3. The number of piperidine rings is 1. The number of hydrogen-bond acceptors (Lipinski definition) is 5. The molecule has 30 heavy (non-hydrogen) atoms. The van der Waals surface area contributed by atoms with Crippen LogP contribution in [0.4, 0.5) is 4.79 Å². The Morgan fingerprint density at radius 2 is 1.93 bits per heavy atom. The standard InChI is InChI=1S/C24H32N2O4/c1-24(2,3)30-23(28)25-14-19-9-4-5-10-26(19)15-18-13-22(27)29-21-12-17-8-6-7-16(17)11-20(18)21/h11-13,19H,4-10,14-15H2,1-3H3,(H,25,28). The zero-order valence-electron chi connectivity index (χ0n) is 18.3. The largest absolute Gasteiger partial charge is 0.444 e. The van der Waals surface area contributed by atoms with Crippen LogP contribution >= 0.6 is 0 Å². The number of likely N-dealkylation sites (tertiary alicyclic amines) is 1. The number of carbonyl (C=O) groups excluding carboxylic acids is 1. The van der Waals surface area contributed by atoms with Crippen molar-refractivity contribution >= 4 is 17.1 Å². The Labute approximate surface area is 177 Å². The third-order valence-electron chi connectivity index (χ3n) is 6.05. The van der Waals surface area contributed by atoms with Crippen LogP contribution in [0.15, 0.2) is 27.4 Å². The Bertz CT molecular complexity index is 989. The first-order chi connectivity index (χ1) is 14.3. The van der Waals surface area contributed by atoms with Crippen molar-refractivity contribution in [3.63, 3.8) is 0 Å². The average molecular weight is 413 g/mol. The van der Waals surface area contributed by atoms with E-state index >= 15 is 0 Å². The van der Waals surface area contributed by atoms with Crippen LogP contribution in [-0.4, -0.2) is 35.7 Å². The number of amides is 1.